The molecule has 0 radical (unpaired) electrons. The van der Waals surface area contributed by atoms with Gasteiger partial charge in [0.15, 0.2) is 10.8 Å². The van der Waals surface area contributed by atoms with Crippen molar-refractivity contribution in [3.05, 3.63) is 65.4 Å². The average molecular weight is 365 g/mol. The molecule has 2 amide bonds. The summed E-state index contributed by atoms with van der Waals surface area (Å²) in [6.07, 6.45) is 0. The Morgan fingerprint density at radius 3 is 2.50 bits per heavy atom. The third-order valence-corrected chi connectivity index (χ3v) is 4.87. The van der Waals surface area contributed by atoms with Crippen LogP contribution in [0.25, 0.3) is 21.2 Å². The molecule has 0 saturated heterocycles. The summed E-state index contributed by atoms with van der Waals surface area (Å²) in [6.45, 7) is 0.604. The molecule has 6 nitrogen and oxygen atoms in total. The molecule has 0 aliphatic heterocycles. The number of rotatable bonds is 5. The van der Waals surface area contributed by atoms with Crippen molar-refractivity contribution in [3.63, 3.8) is 0 Å². The first-order valence-electron chi connectivity index (χ1n) is 8.11. The van der Waals surface area contributed by atoms with Crippen LogP contribution in [0.3, 0.4) is 0 Å². The van der Waals surface area contributed by atoms with Crippen molar-refractivity contribution >= 4 is 44.3 Å². The third kappa shape index (κ3) is 3.29. The Balaban J connectivity index is 1.30. The number of carbonyl (C=O) groups excluding carboxylic acids is 2. The summed E-state index contributed by atoms with van der Waals surface area (Å²) in [4.78, 5) is 28.6. The number of furan rings is 1. The van der Waals surface area contributed by atoms with Gasteiger partial charge in [0.25, 0.3) is 11.8 Å². The van der Waals surface area contributed by atoms with Gasteiger partial charge in [-0.25, -0.2) is 4.98 Å². The molecule has 7 heteroatoms. The minimum Gasteiger partial charge on any atom is -0.451 e. The maximum atomic E-state index is 12.2. The van der Waals surface area contributed by atoms with Crippen molar-refractivity contribution in [2.24, 2.45) is 0 Å². The quantitative estimate of drug-likeness (QED) is 0.532. The first kappa shape index (κ1) is 16.3. The maximum absolute atomic E-state index is 12.2. The average Bonchev–Trinajstić information content (AvgIpc) is 3.28. The number of thiazole rings is 1. The highest BCUT2D eigenvalue weighted by Crippen LogP contribution is 2.21. The Hall–Kier alpha value is -3.19. The van der Waals surface area contributed by atoms with Gasteiger partial charge in [-0.1, -0.05) is 30.3 Å². The van der Waals surface area contributed by atoms with Crippen LogP contribution < -0.4 is 10.6 Å². The number of hydrogen-bond donors (Lipinski definition) is 2. The van der Waals surface area contributed by atoms with Crippen molar-refractivity contribution in [1.29, 1.82) is 0 Å². The highest BCUT2D eigenvalue weighted by atomic mass is 32.1. The van der Waals surface area contributed by atoms with Gasteiger partial charge >= 0.3 is 0 Å². The Kier molecular flexibility index (Phi) is 4.37. The molecule has 0 atom stereocenters. The van der Waals surface area contributed by atoms with Crippen LogP contribution in [0, 0.1) is 0 Å². The van der Waals surface area contributed by atoms with Crippen molar-refractivity contribution < 1.29 is 14.0 Å². The summed E-state index contributed by atoms with van der Waals surface area (Å²) in [5.74, 6) is -0.302. The molecule has 0 fully saturated rings. The van der Waals surface area contributed by atoms with E-state index >= 15 is 0 Å². The number of hydrogen-bond acceptors (Lipinski definition) is 5. The first-order valence-corrected chi connectivity index (χ1v) is 8.93. The lowest BCUT2D eigenvalue weighted by Gasteiger charge is -2.04. The van der Waals surface area contributed by atoms with Gasteiger partial charge in [-0.3, -0.25) is 9.59 Å². The van der Waals surface area contributed by atoms with Gasteiger partial charge in [0, 0.05) is 18.5 Å². The molecule has 130 valence electrons. The van der Waals surface area contributed by atoms with E-state index in [1.807, 2.05) is 48.5 Å². The lowest BCUT2D eigenvalue weighted by molar-refractivity contribution is 0.0912. The van der Waals surface area contributed by atoms with Gasteiger partial charge in [0.2, 0.25) is 0 Å². The van der Waals surface area contributed by atoms with E-state index in [4.69, 9.17) is 4.42 Å². The number of para-hydroxylation sites is 2. The maximum Gasteiger partial charge on any atom is 0.287 e. The van der Waals surface area contributed by atoms with Gasteiger partial charge in [-0.05, 0) is 24.3 Å². The van der Waals surface area contributed by atoms with Crippen molar-refractivity contribution in [2.45, 2.75) is 0 Å². The molecule has 0 unspecified atom stereocenters. The molecule has 0 bridgehead atoms. The molecule has 0 saturated carbocycles. The summed E-state index contributed by atoms with van der Waals surface area (Å²) < 4.78 is 6.47. The van der Waals surface area contributed by atoms with Crippen LogP contribution in [0.4, 0.5) is 0 Å². The second kappa shape index (κ2) is 6.97. The standard InChI is InChI=1S/C19H15N3O3S/c23-17(15-11-12-5-1-3-7-14(12)25-15)20-9-10-21-18(24)19-22-13-6-2-4-8-16(13)26-19/h1-8,11H,9-10H2,(H,20,23)(H,21,24). The van der Waals surface area contributed by atoms with Gasteiger partial charge in [0.05, 0.1) is 10.2 Å². The normalized spacial score (nSPS) is 10.9. The van der Waals surface area contributed by atoms with Crippen LogP contribution in [-0.2, 0) is 0 Å². The number of aromatic nitrogens is 1. The van der Waals surface area contributed by atoms with E-state index < -0.39 is 0 Å². The SMILES string of the molecule is O=C(NCCNC(=O)c1nc2ccccc2s1)c1cc2ccccc2o1. The largest absolute Gasteiger partial charge is 0.451 e. The number of benzene rings is 2. The van der Waals surface area contributed by atoms with Crippen molar-refractivity contribution in [2.75, 3.05) is 13.1 Å². The molecule has 0 aliphatic rings. The first-order chi connectivity index (χ1) is 12.7. The highest BCUT2D eigenvalue weighted by Gasteiger charge is 2.13. The molecule has 26 heavy (non-hydrogen) atoms. The zero-order chi connectivity index (χ0) is 17.9. The van der Waals surface area contributed by atoms with E-state index in [9.17, 15) is 9.59 Å². The summed E-state index contributed by atoms with van der Waals surface area (Å²) in [5.41, 5.74) is 1.47. The second-order valence-corrected chi connectivity index (χ2v) is 6.68. The smallest absolute Gasteiger partial charge is 0.287 e. The van der Waals surface area contributed by atoms with Crippen LogP contribution in [0.1, 0.15) is 20.4 Å². The molecule has 2 N–H and O–H groups in total. The fraction of sp³-hybridized carbons (Fsp3) is 0.105. The molecule has 2 aromatic heterocycles. The Bertz CT molecular complexity index is 946. The predicted molar refractivity (Wildman–Crippen MR) is 101 cm³/mol. The summed E-state index contributed by atoms with van der Waals surface area (Å²) >= 11 is 1.34. The summed E-state index contributed by atoms with van der Waals surface area (Å²) in [5, 5.41) is 6.77. The summed E-state index contributed by atoms with van der Waals surface area (Å²) in [7, 11) is 0. The van der Waals surface area contributed by atoms with E-state index in [1.54, 1.807) is 6.07 Å². The number of fused-ring (bicyclic) bond motifs is 2. The van der Waals surface area contributed by atoms with Crippen molar-refractivity contribution in [3.8, 4) is 0 Å². The fourth-order valence-corrected chi connectivity index (χ4v) is 3.46. The van der Waals surface area contributed by atoms with Crippen molar-refractivity contribution in [1.82, 2.24) is 15.6 Å². The van der Waals surface area contributed by atoms with Crippen LogP contribution >= 0.6 is 11.3 Å². The highest BCUT2D eigenvalue weighted by molar-refractivity contribution is 7.20. The number of nitrogens with zero attached hydrogens (tertiary/aromatic N) is 1. The van der Waals surface area contributed by atoms with Gasteiger partial charge in [0.1, 0.15) is 5.58 Å². The molecule has 0 aliphatic carbocycles. The van der Waals surface area contributed by atoms with Crippen LogP contribution in [0.5, 0.6) is 0 Å². The molecule has 4 aromatic rings. The fourth-order valence-electron chi connectivity index (χ4n) is 2.58. The minimum absolute atomic E-state index is 0.246. The lowest BCUT2D eigenvalue weighted by Crippen LogP contribution is -2.34. The summed E-state index contributed by atoms with van der Waals surface area (Å²) in [6, 6.07) is 16.7. The second-order valence-electron chi connectivity index (χ2n) is 5.65. The number of nitrogens with one attached hydrogen (secondary N) is 2. The Morgan fingerprint density at radius 2 is 1.69 bits per heavy atom. The zero-order valence-electron chi connectivity index (χ0n) is 13.7. The van der Waals surface area contributed by atoms with Crippen LogP contribution in [-0.4, -0.2) is 29.9 Å². The Morgan fingerprint density at radius 1 is 0.962 bits per heavy atom. The molecular weight excluding hydrogens is 350 g/mol. The molecule has 4 rings (SSSR count). The lowest BCUT2D eigenvalue weighted by atomic mass is 10.2. The monoisotopic (exact) mass is 365 g/mol. The third-order valence-electron chi connectivity index (χ3n) is 3.83. The Labute approximate surface area is 152 Å². The molecule has 2 heterocycles. The van der Waals surface area contributed by atoms with E-state index in [2.05, 4.69) is 15.6 Å². The molecule has 0 spiro atoms. The van der Waals surface area contributed by atoms with Gasteiger partial charge in [-0.2, -0.15) is 0 Å². The predicted octanol–water partition coefficient (Wildman–Crippen LogP) is 3.20. The zero-order valence-corrected chi connectivity index (χ0v) is 14.5. The van der Waals surface area contributed by atoms with Crippen LogP contribution in [0.15, 0.2) is 59.0 Å². The van der Waals surface area contributed by atoms with Gasteiger partial charge < -0.3 is 15.1 Å². The van der Waals surface area contributed by atoms with E-state index in [0.29, 0.717) is 23.7 Å². The van der Waals surface area contributed by atoms with E-state index in [0.717, 1.165) is 15.6 Å². The minimum atomic E-state index is -0.310. The number of carbonyl (C=O) groups is 2. The van der Waals surface area contributed by atoms with Crippen LogP contribution in [0.2, 0.25) is 0 Å². The topological polar surface area (TPSA) is 84.2 Å². The van der Waals surface area contributed by atoms with Gasteiger partial charge in [-0.15, -0.1) is 11.3 Å². The molecular formula is C19H15N3O3S. The molecule has 2 aromatic carbocycles. The van der Waals surface area contributed by atoms with E-state index in [1.165, 1.54) is 11.3 Å². The van der Waals surface area contributed by atoms with E-state index in [-0.39, 0.29) is 17.6 Å². The number of amides is 2.